The predicted octanol–water partition coefficient (Wildman–Crippen LogP) is 2.01. The van der Waals surface area contributed by atoms with Gasteiger partial charge in [0.1, 0.15) is 30.7 Å². The molecule has 4 heterocycles. The number of rotatable bonds is 4. The van der Waals surface area contributed by atoms with Gasteiger partial charge in [0, 0.05) is 29.8 Å². The van der Waals surface area contributed by atoms with Crippen molar-refractivity contribution in [3.05, 3.63) is 30.9 Å². The van der Waals surface area contributed by atoms with Gasteiger partial charge in [-0.3, -0.25) is 4.79 Å². The molecule has 152 valence electrons. The lowest BCUT2D eigenvalue weighted by Gasteiger charge is -2.23. The molecule has 0 spiro atoms. The van der Waals surface area contributed by atoms with Crippen LogP contribution in [-0.4, -0.2) is 62.3 Å². The van der Waals surface area contributed by atoms with Crippen molar-refractivity contribution in [3.63, 3.8) is 0 Å². The highest BCUT2D eigenvalue weighted by atomic mass is 19.4. The summed E-state index contributed by atoms with van der Waals surface area (Å²) in [4.78, 5) is 33.1. The number of H-pyrrole nitrogens is 1. The number of carbonyl (C=O) groups excluding carboxylic acids is 1. The van der Waals surface area contributed by atoms with Crippen molar-refractivity contribution in [3.8, 4) is 11.4 Å². The fourth-order valence-corrected chi connectivity index (χ4v) is 3.26. The maximum Gasteiger partial charge on any atom is 0.405 e. The second kappa shape index (κ2) is 7.26. The minimum atomic E-state index is -4.56. The van der Waals surface area contributed by atoms with Crippen LogP contribution >= 0.6 is 0 Å². The highest BCUT2D eigenvalue weighted by Gasteiger charge is 2.40. The van der Waals surface area contributed by atoms with Crippen molar-refractivity contribution >= 4 is 22.9 Å². The van der Waals surface area contributed by atoms with Gasteiger partial charge in [-0.2, -0.15) is 18.2 Å². The molecule has 29 heavy (non-hydrogen) atoms. The maximum atomic E-state index is 14.0. The van der Waals surface area contributed by atoms with Gasteiger partial charge in [-0.05, 0) is 12.1 Å². The summed E-state index contributed by atoms with van der Waals surface area (Å²) in [7, 11) is 0. The SMILES string of the molecule is O=C(NCC(F)(F)F)[C@@H]1C[C@H](F)CN1c1ncnc(-c2c[nH]c3ncccc23)n1. The van der Waals surface area contributed by atoms with Gasteiger partial charge in [0.2, 0.25) is 11.9 Å². The van der Waals surface area contributed by atoms with E-state index in [-0.39, 0.29) is 24.7 Å². The molecule has 8 nitrogen and oxygen atoms in total. The number of nitrogens with zero attached hydrogens (tertiary/aromatic N) is 5. The van der Waals surface area contributed by atoms with E-state index in [1.807, 2.05) is 6.07 Å². The Bertz CT molecular complexity index is 1040. The summed E-state index contributed by atoms with van der Waals surface area (Å²) in [5.74, 6) is -0.646. The first-order chi connectivity index (χ1) is 13.8. The topological polar surface area (TPSA) is 99.7 Å². The second-order valence-electron chi connectivity index (χ2n) is 6.55. The van der Waals surface area contributed by atoms with Gasteiger partial charge < -0.3 is 15.2 Å². The van der Waals surface area contributed by atoms with Gasteiger partial charge >= 0.3 is 6.18 Å². The fraction of sp³-hybridized carbons (Fsp3) is 0.353. The zero-order chi connectivity index (χ0) is 20.6. The molecule has 12 heteroatoms. The molecule has 2 N–H and O–H groups in total. The van der Waals surface area contributed by atoms with E-state index in [2.05, 4.69) is 24.9 Å². The molecule has 1 aliphatic rings. The van der Waals surface area contributed by atoms with Crippen LogP contribution in [-0.2, 0) is 4.79 Å². The minimum absolute atomic E-state index is 0.0144. The first kappa shape index (κ1) is 19.0. The molecule has 2 atom stereocenters. The normalized spacial score (nSPS) is 19.7. The zero-order valence-corrected chi connectivity index (χ0v) is 14.8. The number of anilines is 1. The molecule has 3 aromatic rings. The van der Waals surface area contributed by atoms with E-state index in [4.69, 9.17) is 0 Å². The standard InChI is InChI=1S/C17H15F4N7O/c18-9-4-12(15(29)24-7-17(19,20)21)28(6-9)16-26-8-25-14(27-16)11-5-23-13-10(11)2-1-3-22-13/h1-3,5,8-9,12H,4,6-7H2,(H,22,23)(H,24,29)/t9-,12-/m0/s1. The van der Waals surface area contributed by atoms with Crippen molar-refractivity contribution in [2.24, 2.45) is 0 Å². The Kier molecular flexibility index (Phi) is 4.76. The highest BCUT2D eigenvalue weighted by Crippen LogP contribution is 2.28. The van der Waals surface area contributed by atoms with E-state index in [0.717, 1.165) is 5.39 Å². The lowest BCUT2D eigenvalue weighted by atomic mass is 10.2. The maximum absolute atomic E-state index is 14.0. The quantitative estimate of drug-likeness (QED) is 0.640. The summed E-state index contributed by atoms with van der Waals surface area (Å²) in [6, 6.07) is 2.42. The van der Waals surface area contributed by atoms with Crippen LogP contribution in [0.15, 0.2) is 30.9 Å². The second-order valence-corrected chi connectivity index (χ2v) is 6.55. The molecule has 0 saturated carbocycles. The Morgan fingerprint density at radius 3 is 2.93 bits per heavy atom. The van der Waals surface area contributed by atoms with Crippen LogP contribution in [0.3, 0.4) is 0 Å². The number of amides is 1. The molecule has 4 rings (SSSR count). The van der Waals surface area contributed by atoms with E-state index >= 15 is 0 Å². The number of alkyl halides is 4. The lowest BCUT2D eigenvalue weighted by Crippen LogP contribution is -2.46. The van der Waals surface area contributed by atoms with Gasteiger partial charge in [0.25, 0.3) is 0 Å². The monoisotopic (exact) mass is 409 g/mol. The summed E-state index contributed by atoms with van der Waals surface area (Å²) >= 11 is 0. The number of aromatic amines is 1. The molecular weight excluding hydrogens is 394 g/mol. The predicted molar refractivity (Wildman–Crippen MR) is 94.6 cm³/mol. The summed E-state index contributed by atoms with van der Waals surface area (Å²) in [5, 5.41) is 2.55. The molecule has 0 aromatic carbocycles. The van der Waals surface area contributed by atoms with Gasteiger partial charge in [-0.1, -0.05) is 0 Å². The largest absolute Gasteiger partial charge is 0.405 e. The van der Waals surface area contributed by atoms with Crippen LogP contribution in [0.2, 0.25) is 0 Å². The van der Waals surface area contributed by atoms with Crippen molar-refractivity contribution in [1.29, 1.82) is 0 Å². The van der Waals surface area contributed by atoms with E-state index in [1.54, 1.807) is 23.8 Å². The number of pyridine rings is 1. The van der Waals surface area contributed by atoms with Crippen LogP contribution in [0, 0.1) is 0 Å². The molecule has 0 radical (unpaired) electrons. The van der Waals surface area contributed by atoms with Crippen LogP contribution in [0.4, 0.5) is 23.5 Å². The number of fused-ring (bicyclic) bond motifs is 1. The zero-order valence-electron chi connectivity index (χ0n) is 14.8. The van der Waals surface area contributed by atoms with Crippen molar-refractivity contribution in [2.75, 3.05) is 18.0 Å². The third-order valence-electron chi connectivity index (χ3n) is 4.52. The highest BCUT2D eigenvalue weighted by molar-refractivity contribution is 5.91. The van der Waals surface area contributed by atoms with Gasteiger partial charge in [-0.15, -0.1) is 0 Å². The van der Waals surface area contributed by atoms with Crippen LogP contribution < -0.4 is 10.2 Å². The summed E-state index contributed by atoms with van der Waals surface area (Å²) in [5.41, 5.74) is 1.25. The first-order valence-corrected chi connectivity index (χ1v) is 8.68. The average Bonchev–Trinajstić information content (AvgIpc) is 3.29. The first-order valence-electron chi connectivity index (χ1n) is 8.68. The Labute approximate surface area is 161 Å². The Balaban J connectivity index is 1.62. The molecule has 1 fully saturated rings. The lowest BCUT2D eigenvalue weighted by molar-refractivity contribution is -0.139. The van der Waals surface area contributed by atoms with E-state index in [9.17, 15) is 22.4 Å². The number of carbonyl (C=O) groups is 1. The van der Waals surface area contributed by atoms with Crippen LogP contribution in [0.25, 0.3) is 22.4 Å². The number of halogens is 4. The van der Waals surface area contributed by atoms with Gasteiger partial charge in [0.05, 0.1) is 6.54 Å². The third-order valence-corrected chi connectivity index (χ3v) is 4.52. The number of hydrogen-bond acceptors (Lipinski definition) is 6. The minimum Gasteiger partial charge on any atom is -0.345 e. The van der Waals surface area contributed by atoms with Gasteiger partial charge in [0.15, 0.2) is 5.82 Å². The molecule has 3 aromatic heterocycles. The number of aromatic nitrogens is 5. The fourth-order valence-electron chi connectivity index (χ4n) is 3.26. The molecule has 1 saturated heterocycles. The van der Waals surface area contributed by atoms with Crippen molar-refractivity contribution in [1.82, 2.24) is 30.2 Å². The summed E-state index contributed by atoms with van der Waals surface area (Å²) in [6.07, 6.45) is -1.71. The average molecular weight is 409 g/mol. The number of nitrogens with one attached hydrogen (secondary N) is 2. The van der Waals surface area contributed by atoms with E-state index < -0.39 is 30.8 Å². The number of hydrogen-bond donors (Lipinski definition) is 2. The van der Waals surface area contributed by atoms with Crippen LogP contribution in [0.5, 0.6) is 0 Å². The van der Waals surface area contributed by atoms with Crippen molar-refractivity contribution < 1.29 is 22.4 Å². The molecular formula is C17H15F4N7O. The molecule has 0 unspecified atom stereocenters. The Hall–Kier alpha value is -3.31. The molecule has 0 aliphatic carbocycles. The molecule has 0 bridgehead atoms. The molecule has 1 amide bonds. The molecule has 1 aliphatic heterocycles. The van der Waals surface area contributed by atoms with E-state index in [0.29, 0.717) is 11.2 Å². The van der Waals surface area contributed by atoms with Crippen molar-refractivity contribution in [2.45, 2.75) is 24.8 Å². The van der Waals surface area contributed by atoms with Gasteiger partial charge in [-0.25, -0.2) is 19.3 Å². The third kappa shape index (κ3) is 3.96. The van der Waals surface area contributed by atoms with E-state index in [1.165, 1.54) is 11.2 Å². The van der Waals surface area contributed by atoms with Crippen LogP contribution in [0.1, 0.15) is 6.42 Å². The summed E-state index contributed by atoms with van der Waals surface area (Å²) in [6.45, 7) is -1.69. The summed E-state index contributed by atoms with van der Waals surface area (Å²) < 4.78 is 51.2. The smallest absolute Gasteiger partial charge is 0.345 e. The Morgan fingerprint density at radius 2 is 2.14 bits per heavy atom. The Morgan fingerprint density at radius 1 is 1.31 bits per heavy atom.